The molecule has 128 valence electrons. The number of carbonyl (C=O) groups excluding carboxylic acids is 1. The van der Waals surface area contributed by atoms with Gasteiger partial charge in [0.2, 0.25) is 0 Å². The second-order valence-electron chi connectivity index (χ2n) is 5.66. The van der Waals surface area contributed by atoms with Crippen LogP contribution in [0, 0.1) is 10.1 Å². The van der Waals surface area contributed by atoms with Gasteiger partial charge in [-0.15, -0.1) is 0 Å². The van der Waals surface area contributed by atoms with Crippen LogP contribution in [-0.4, -0.2) is 40.9 Å². The zero-order valence-electron chi connectivity index (χ0n) is 13.7. The molecule has 1 atom stereocenters. The number of aromatic nitrogens is 1. The molecular weight excluding hydrogens is 332 g/mol. The third-order valence-electron chi connectivity index (χ3n) is 3.81. The normalized spacial score (nSPS) is 12.2. The molecule has 7 nitrogen and oxygen atoms in total. The molecule has 2 rings (SSSR count). The zero-order valence-corrected chi connectivity index (χ0v) is 14.4. The summed E-state index contributed by atoms with van der Waals surface area (Å²) in [4.78, 5) is 24.6. The summed E-state index contributed by atoms with van der Waals surface area (Å²) in [6, 6.07) is 7.93. The van der Waals surface area contributed by atoms with Gasteiger partial charge in [-0.05, 0) is 38.4 Å². The molecule has 0 aliphatic rings. The molecule has 1 amide bonds. The van der Waals surface area contributed by atoms with Gasteiger partial charge in [-0.1, -0.05) is 11.6 Å². The number of benzene rings is 1. The molecular formula is C16H19ClN4O3. The summed E-state index contributed by atoms with van der Waals surface area (Å²) in [6.45, 7) is 0.375. The summed E-state index contributed by atoms with van der Waals surface area (Å²) < 4.78 is 1.99. The number of amides is 1. The van der Waals surface area contributed by atoms with Crippen LogP contribution in [0.4, 0.5) is 5.69 Å². The lowest BCUT2D eigenvalue weighted by Gasteiger charge is -2.25. The maximum Gasteiger partial charge on any atom is 0.288 e. The van der Waals surface area contributed by atoms with Gasteiger partial charge in [-0.3, -0.25) is 19.8 Å². The molecule has 0 fully saturated rings. The van der Waals surface area contributed by atoms with Crippen molar-refractivity contribution in [3.8, 4) is 0 Å². The molecule has 0 bridgehead atoms. The molecule has 1 unspecified atom stereocenters. The van der Waals surface area contributed by atoms with Gasteiger partial charge < -0.3 is 9.88 Å². The Hall–Kier alpha value is -2.38. The molecule has 0 saturated heterocycles. The van der Waals surface area contributed by atoms with E-state index in [4.69, 9.17) is 11.6 Å². The van der Waals surface area contributed by atoms with Gasteiger partial charge in [0.1, 0.15) is 5.02 Å². The van der Waals surface area contributed by atoms with Crippen LogP contribution >= 0.6 is 11.6 Å². The Morgan fingerprint density at radius 1 is 1.42 bits per heavy atom. The number of nitro groups is 1. The smallest absolute Gasteiger partial charge is 0.288 e. The number of hydrogen-bond donors (Lipinski definition) is 1. The van der Waals surface area contributed by atoms with E-state index in [-0.39, 0.29) is 28.2 Å². The average Bonchev–Trinajstić information content (AvgIpc) is 2.93. The van der Waals surface area contributed by atoms with E-state index < -0.39 is 4.92 Å². The van der Waals surface area contributed by atoms with Gasteiger partial charge >= 0.3 is 0 Å². The third kappa shape index (κ3) is 3.93. The molecule has 0 aliphatic heterocycles. The van der Waals surface area contributed by atoms with Gasteiger partial charge in [0, 0.05) is 37.1 Å². The Morgan fingerprint density at radius 3 is 2.67 bits per heavy atom. The standard InChI is InChI=1S/C16H19ClN4O3/c1-19(2)15(13-5-4-8-20(13)3)10-18-16(22)11-6-7-12(17)14(9-11)21(23)24/h4-9,15H,10H2,1-3H3,(H,18,22). The topological polar surface area (TPSA) is 80.4 Å². The molecule has 1 aromatic carbocycles. The molecule has 0 saturated carbocycles. The molecule has 1 N–H and O–H groups in total. The van der Waals surface area contributed by atoms with Crippen LogP contribution in [0.25, 0.3) is 0 Å². The lowest BCUT2D eigenvalue weighted by Crippen LogP contribution is -2.35. The SMILES string of the molecule is CN(C)C(CNC(=O)c1ccc(Cl)c([N+](=O)[O-])c1)c1cccn1C. The van der Waals surface area contributed by atoms with Crippen LogP contribution in [0.15, 0.2) is 36.5 Å². The van der Waals surface area contributed by atoms with Crippen LogP contribution in [0.2, 0.25) is 5.02 Å². The van der Waals surface area contributed by atoms with Crippen molar-refractivity contribution in [2.24, 2.45) is 7.05 Å². The fourth-order valence-electron chi connectivity index (χ4n) is 2.46. The fraction of sp³-hybridized carbons (Fsp3) is 0.312. The second kappa shape index (κ2) is 7.46. The number of likely N-dealkylation sites (N-methyl/N-ethyl adjacent to an activating group) is 1. The second-order valence-corrected chi connectivity index (χ2v) is 6.06. The predicted octanol–water partition coefficient (Wildman–Crippen LogP) is 2.62. The lowest BCUT2D eigenvalue weighted by molar-refractivity contribution is -0.384. The average molecular weight is 351 g/mol. The number of nitrogens with one attached hydrogen (secondary N) is 1. The molecule has 1 aromatic heterocycles. The lowest BCUT2D eigenvalue weighted by atomic mass is 10.1. The van der Waals surface area contributed by atoms with Crippen molar-refractivity contribution >= 4 is 23.2 Å². The maximum absolute atomic E-state index is 12.3. The summed E-state index contributed by atoms with van der Waals surface area (Å²) in [7, 11) is 5.80. The van der Waals surface area contributed by atoms with Crippen molar-refractivity contribution < 1.29 is 9.72 Å². The highest BCUT2D eigenvalue weighted by Crippen LogP contribution is 2.25. The largest absolute Gasteiger partial charge is 0.353 e. The Bertz CT molecular complexity index is 758. The highest BCUT2D eigenvalue weighted by Gasteiger charge is 2.20. The van der Waals surface area contributed by atoms with Crippen molar-refractivity contribution in [2.75, 3.05) is 20.6 Å². The predicted molar refractivity (Wildman–Crippen MR) is 92.3 cm³/mol. The summed E-state index contributed by atoms with van der Waals surface area (Å²) in [5.74, 6) is -0.379. The number of hydrogen-bond acceptors (Lipinski definition) is 4. The first-order chi connectivity index (χ1) is 11.3. The van der Waals surface area contributed by atoms with Crippen molar-refractivity contribution in [2.45, 2.75) is 6.04 Å². The Labute approximate surface area is 145 Å². The van der Waals surface area contributed by atoms with Gasteiger partial charge in [-0.2, -0.15) is 0 Å². The van der Waals surface area contributed by atoms with Gasteiger partial charge in [0.15, 0.2) is 0 Å². The minimum atomic E-state index is -0.605. The monoisotopic (exact) mass is 350 g/mol. The quantitative estimate of drug-likeness (QED) is 0.641. The summed E-state index contributed by atoms with van der Waals surface area (Å²) >= 11 is 5.77. The third-order valence-corrected chi connectivity index (χ3v) is 4.13. The van der Waals surface area contributed by atoms with Crippen molar-refractivity contribution in [1.82, 2.24) is 14.8 Å². The molecule has 0 aliphatic carbocycles. The number of nitro benzene ring substituents is 1. The van der Waals surface area contributed by atoms with E-state index in [0.717, 1.165) is 5.69 Å². The molecule has 8 heteroatoms. The van der Waals surface area contributed by atoms with E-state index in [0.29, 0.717) is 6.54 Å². The van der Waals surface area contributed by atoms with E-state index in [9.17, 15) is 14.9 Å². The van der Waals surface area contributed by atoms with Crippen molar-refractivity contribution in [3.63, 3.8) is 0 Å². The molecule has 1 heterocycles. The minimum absolute atomic E-state index is 0.00604. The number of carbonyl (C=O) groups is 1. The number of rotatable bonds is 6. The Morgan fingerprint density at radius 2 is 2.12 bits per heavy atom. The molecule has 24 heavy (non-hydrogen) atoms. The first-order valence-corrected chi connectivity index (χ1v) is 7.69. The first kappa shape index (κ1) is 18.0. The van der Waals surface area contributed by atoms with Crippen LogP contribution in [0.3, 0.4) is 0 Å². The van der Waals surface area contributed by atoms with Gasteiger partial charge in [0.25, 0.3) is 11.6 Å². The van der Waals surface area contributed by atoms with Gasteiger partial charge in [0.05, 0.1) is 11.0 Å². The highest BCUT2D eigenvalue weighted by molar-refractivity contribution is 6.32. The summed E-state index contributed by atoms with van der Waals surface area (Å²) in [5.41, 5.74) is 0.980. The number of aryl methyl sites for hydroxylation is 1. The molecule has 0 spiro atoms. The maximum atomic E-state index is 12.3. The van der Waals surface area contributed by atoms with E-state index in [2.05, 4.69) is 5.32 Å². The van der Waals surface area contributed by atoms with E-state index in [1.807, 2.05) is 48.9 Å². The van der Waals surface area contributed by atoms with Crippen LogP contribution in [0.5, 0.6) is 0 Å². The number of halogens is 1. The van der Waals surface area contributed by atoms with Crippen molar-refractivity contribution in [3.05, 3.63) is 62.9 Å². The highest BCUT2D eigenvalue weighted by atomic mass is 35.5. The van der Waals surface area contributed by atoms with Crippen LogP contribution in [-0.2, 0) is 7.05 Å². The molecule has 2 aromatic rings. The van der Waals surface area contributed by atoms with E-state index in [1.165, 1.54) is 18.2 Å². The van der Waals surface area contributed by atoms with E-state index >= 15 is 0 Å². The number of nitrogens with zero attached hydrogens (tertiary/aromatic N) is 3. The Balaban J connectivity index is 2.13. The Kier molecular flexibility index (Phi) is 5.58. The van der Waals surface area contributed by atoms with Crippen LogP contribution < -0.4 is 5.32 Å². The van der Waals surface area contributed by atoms with E-state index in [1.54, 1.807) is 0 Å². The summed E-state index contributed by atoms with van der Waals surface area (Å²) in [6.07, 6.45) is 1.94. The van der Waals surface area contributed by atoms with Gasteiger partial charge in [-0.25, -0.2) is 0 Å². The zero-order chi connectivity index (χ0) is 17.9. The summed E-state index contributed by atoms with van der Waals surface area (Å²) in [5, 5.41) is 13.8. The minimum Gasteiger partial charge on any atom is -0.353 e. The molecule has 0 radical (unpaired) electrons. The van der Waals surface area contributed by atoms with Crippen molar-refractivity contribution in [1.29, 1.82) is 0 Å². The fourth-order valence-corrected chi connectivity index (χ4v) is 2.64. The van der Waals surface area contributed by atoms with Crippen LogP contribution in [0.1, 0.15) is 22.1 Å². The first-order valence-electron chi connectivity index (χ1n) is 7.31.